The van der Waals surface area contributed by atoms with Gasteiger partial charge in [-0.05, 0) is 25.9 Å². The molecule has 0 aromatic carbocycles. The first kappa shape index (κ1) is 30.2. The van der Waals surface area contributed by atoms with Crippen LogP contribution >= 0.6 is 0 Å². The van der Waals surface area contributed by atoms with Crippen LogP contribution in [0, 0.1) is 0 Å². The second kappa shape index (κ2) is 13.3. The van der Waals surface area contributed by atoms with Gasteiger partial charge in [0.2, 0.25) is 5.91 Å². The summed E-state index contributed by atoms with van der Waals surface area (Å²) in [4.78, 5) is 33.8. The summed E-state index contributed by atoms with van der Waals surface area (Å²) >= 11 is 0. The molecule has 1 fully saturated rings. The average Bonchev–Trinajstić information content (AvgIpc) is 3.40. The van der Waals surface area contributed by atoms with Crippen molar-refractivity contribution in [2.24, 2.45) is 0 Å². The van der Waals surface area contributed by atoms with Crippen LogP contribution in [0.15, 0.2) is 4.52 Å². The third-order valence-corrected chi connectivity index (χ3v) is 4.91. The topological polar surface area (TPSA) is 136 Å². The zero-order chi connectivity index (χ0) is 26.8. The lowest BCUT2D eigenvalue weighted by molar-refractivity contribution is -0.193. The van der Waals surface area contributed by atoms with Gasteiger partial charge in [-0.2, -0.15) is 26.3 Å². The highest BCUT2D eigenvalue weighted by Gasteiger charge is 2.38. The molecule has 2 aliphatic rings. The third kappa shape index (κ3) is 11.4. The molecule has 1 aromatic rings. The summed E-state index contributed by atoms with van der Waals surface area (Å²) in [6.07, 6.45) is -6.56. The van der Waals surface area contributed by atoms with E-state index in [0.29, 0.717) is 6.54 Å². The van der Waals surface area contributed by atoms with E-state index in [1.807, 2.05) is 0 Å². The third-order valence-electron chi connectivity index (χ3n) is 4.91. The number of hydrogen-bond donors (Lipinski definition) is 3. The molecule has 10 nitrogen and oxygen atoms in total. The molecule has 1 saturated heterocycles. The molecule has 0 bridgehead atoms. The van der Waals surface area contributed by atoms with E-state index in [4.69, 9.17) is 24.3 Å². The standard InChI is InChI=1S/C15H24N4O2.2C2HF3O2/c1-12(20)16-10-14-13-11-19(7-4-15(13)21-17-14)9-8-18-5-2-3-6-18;2*3-2(4,5)1(6)7/h2-11H2,1H3,(H,16,20);2*(H,6,7). The number of nitrogens with zero attached hydrogens (tertiary/aromatic N) is 3. The highest BCUT2D eigenvalue weighted by molar-refractivity contribution is 5.73. The lowest BCUT2D eigenvalue weighted by atomic mass is 10.1. The van der Waals surface area contributed by atoms with Gasteiger partial charge in [-0.3, -0.25) is 9.69 Å². The maximum Gasteiger partial charge on any atom is 0.490 e. The fraction of sp³-hybridized carbons (Fsp3) is 0.684. The Hall–Kier alpha value is -2.88. The number of likely N-dealkylation sites (tertiary alicyclic amines) is 1. The molecular formula is C19H26F6N4O6. The van der Waals surface area contributed by atoms with E-state index in [1.54, 1.807) is 0 Å². The summed E-state index contributed by atoms with van der Waals surface area (Å²) in [5.74, 6) is -4.55. The molecule has 0 atom stereocenters. The number of amides is 1. The Morgan fingerprint density at radius 1 is 0.943 bits per heavy atom. The van der Waals surface area contributed by atoms with Gasteiger partial charge in [0, 0.05) is 45.1 Å². The normalized spacial score (nSPS) is 16.3. The Bertz CT molecular complexity index is 828. The monoisotopic (exact) mass is 520 g/mol. The predicted octanol–water partition coefficient (Wildman–Crippen LogP) is 2.03. The number of carboxylic acids is 2. The van der Waals surface area contributed by atoms with Crippen molar-refractivity contribution in [2.45, 2.75) is 51.6 Å². The number of nitrogens with one attached hydrogen (secondary N) is 1. The van der Waals surface area contributed by atoms with Crippen molar-refractivity contribution in [3.63, 3.8) is 0 Å². The minimum absolute atomic E-state index is 0.0338. The molecule has 3 heterocycles. The Kier molecular flexibility index (Phi) is 11.4. The summed E-state index contributed by atoms with van der Waals surface area (Å²) in [7, 11) is 0. The smallest absolute Gasteiger partial charge is 0.475 e. The Morgan fingerprint density at radius 2 is 1.43 bits per heavy atom. The van der Waals surface area contributed by atoms with Crippen molar-refractivity contribution in [3.05, 3.63) is 17.0 Å². The molecule has 200 valence electrons. The highest BCUT2D eigenvalue weighted by atomic mass is 19.4. The maximum absolute atomic E-state index is 11.0. The summed E-state index contributed by atoms with van der Waals surface area (Å²) in [5, 5.41) is 21.2. The van der Waals surface area contributed by atoms with E-state index in [2.05, 4.69) is 20.3 Å². The molecule has 2 aliphatic heterocycles. The van der Waals surface area contributed by atoms with Crippen LogP contribution in [0.25, 0.3) is 0 Å². The molecule has 0 radical (unpaired) electrons. The van der Waals surface area contributed by atoms with Gasteiger partial charge in [0.05, 0.1) is 6.54 Å². The van der Waals surface area contributed by atoms with E-state index in [-0.39, 0.29) is 5.91 Å². The summed E-state index contributed by atoms with van der Waals surface area (Å²) < 4.78 is 68.9. The first-order chi connectivity index (χ1) is 16.1. The van der Waals surface area contributed by atoms with Gasteiger partial charge in [-0.1, -0.05) is 5.16 Å². The molecule has 0 saturated carbocycles. The quantitative estimate of drug-likeness (QED) is 0.498. The van der Waals surface area contributed by atoms with Crippen LogP contribution in [0.4, 0.5) is 26.3 Å². The van der Waals surface area contributed by atoms with E-state index in [9.17, 15) is 31.1 Å². The fourth-order valence-electron chi connectivity index (χ4n) is 3.15. The summed E-state index contributed by atoms with van der Waals surface area (Å²) in [6.45, 7) is 8.67. The fourth-order valence-corrected chi connectivity index (χ4v) is 3.15. The van der Waals surface area contributed by atoms with Gasteiger partial charge in [0.15, 0.2) is 0 Å². The number of carboxylic acid groups (broad SMARTS) is 2. The van der Waals surface area contributed by atoms with Gasteiger partial charge < -0.3 is 25.0 Å². The van der Waals surface area contributed by atoms with Gasteiger partial charge in [0.1, 0.15) is 11.5 Å². The van der Waals surface area contributed by atoms with Crippen molar-refractivity contribution >= 4 is 17.8 Å². The molecule has 3 N–H and O–H groups in total. The van der Waals surface area contributed by atoms with Crippen LogP contribution in [0.2, 0.25) is 0 Å². The molecular weight excluding hydrogens is 494 g/mol. The van der Waals surface area contributed by atoms with Crippen LogP contribution in [0.5, 0.6) is 0 Å². The minimum atomic E-state index is -5.08. The van der Waals surface area contributed by atoms with Crippen LogP contribution in [-0.4, -0.2) is 88.1 Å². The molecule has 0 spiro atoms. The Labute approximate surface area is 195 Å². The highest BCUT2D eigenvalue weighted by Crippen LogP contribution is 2.22. The molecule has 1 aromatic heterocycles. The van der Waals surface area contributed by atoms with Gasteiger partial charge in [-0.25, -0.2) is 9.59 Å². The number of carbonyl (C=O) groups excluding carboxylic acids is 1. The van der Waals surface area contributed by atoms with Gasteiger partial charge in [-0.15, -0.1) is 0 Å². The minimum Gasteiger partial charge on any atom is -0.475 e. The lowest BCUT2D eigenvalue weighted by Gasteiger charge is -2.28. The number of rotatable bonds is 5. The Balaban J connectivity index is 0.000000362. The van der Waals surface area contributed by atoms with E-state index in [1.165, 1.54) is 38.4 Å². The SMILES string of the molecule is CC(=O)NCc1noc2c1CN(CCN1CCCC1)CC2.O=C(O)C(F)(F)F.O=C(O)C(F)(F)F. The van der Waals surface area contributed by atoms with Crippen molar-refractivity contribution in [1.82, 2.24) is 20.3 Å². The largest absolute Gasteiger partial charge is 0.490 e. The van der Waals surface area contributed by atoms with E-state index < -0.39 is 24.3 Å². The summed E-state index contributed by atoms with van der Waals surface area (Å²) in [6, 6.07) is 0. The lowest BCUT2D eigenvalue weighted by Crippen LogP contribution is -2.37. The number of aliphatic carboxylic acids is 2. The summed E-state index contributed by atoms with van der Waals surface area (Å²) in [5.41, 5.74) is 2.06. The number of fused-ring (bicyclic) bond motifs is 1. The molecule has 0 aliphatic carbocycles. The van der Waals surface area contributed by atoms with Crippen molar-refractivity contribution in [1.29, 1.82) is 0 Å². The predicted molar refractivity (Wildman–Crippen MR) is 106 cm³/mol. The second-order valence-electron chi connectivity index (χ2n) is 7.62. The van der Waals surface area contributed by atoms with Crippen molar-refractivity contribution in [2.75, 3.05) is 32.7 Å². The number of halogens is 6. The van der Waals surface area contributed by atoms with E-state index in [0.717, 1.165) is 44.1 Å². The molecule has 16 heteroatoms. The van der Waals surface area contributed by atoms with Crippen LogP contribution in [0.3, 0.4) is 0 Å². The van der Waals surface area contributed by atoms with Gasteiger partial charge in [0.25, 0.3) is 0 Å². The van der Waals surface area contributed by atoms with Crippen LogP contribution in [0.1, 0.15) is 36.8 Å². The number of hydrogen-bond acceptors (Lipinski definition) is 7. The van der Waals surface area contributed by atoms with Crippen LogP contribution in [-0.2, 0) is 33.9 Å². The number of carbonyl (C=O) groups is 3. The average molecular weight is 520 g/mol. The molecule has 35 heavy (non-hydrogen) atoms. The Morgan fingerprint density at radius 3 is 1.89 bits per heavy atom. The van der Waals surface area contributed by atoms with E-state index >= 15 is 0 Å². The van der Waals surface area contributed by atoms with Crippen molar-refractivity contribution < 1.29 is 55.5 Å². The zero-order valence-corrected chi connectivity index (χ0v) is 18.7. The second-order valence-corrected chi connectivity index (χ2v) is 7.62. The molecule has 1 amide bonds. The first-order valence-electron chi connectivity index (χ1n) is 10.4. The molecule has 3 rings (SSSR count). The van der Waals surface area contributed by atoms with Crippen LogP contribution < -0.4 is 5.32 Å². The van der Waals surface area contributed by atoms with Crippen molar-refractivity contribution in [3.8, 4) is 0 Å². The maximum atomic E-state index is 11.0. The zero-order valence-electron chi connectivity index (χ0n) is 18.7. The number of alkyl halides is 6. The number of aromatic nitrogens is 1. The molecule has 0 unspecified atom stereocenters. The first-order valence-corrected chi connectivity index (χ1v) is 10.4. The van der Waals surface area contributed by atoms with Gasteiger partial charge >= 0.3 is 24.3 Å².